The fraction of sp³-hybridized carbons (Fsp3) is 0.714. The second-order valence-corrected chi connectivity index (χ2v) is 11.4. The Morgan fingerprint density at radius 1 is 1.19 bits per heavy atom. The van der Waals surface area contributed by atoms with Crippen molar-refractivity contribution >= 4 is 11.5 Å². The highest BCUT2D eigenvalue weighted by atomic mass is 16.5. The van der Waals surface area contributed by atoms with E-state index >= 15 is 0 Å². The lowest BCUT2D eigenvalue weighted by Crippen LogP contribution is -2.61. The lowest BCUT2D eigenvalue weighted by molar-refractivity contribution is -0.151. The molecule has 1 aromatic heterocycles. The van der Waals surface area contributed by atoms with Gasteiger partial charge in [0.2, 0.25) is 5.91 Å². The van der Waals surface area contributed by atoms with Gasteiger partial charge in [-0.3, -0.25) is 9.78 Å². The number of piperidine rings is 1. The number of ether oxygens (including phenoxy) is 1. The normalized spacial score (nSPS) is 38.4. The van der Waals surface area contributed by atoms with Crippen molar-refractivity contribution in [2.45, 2.75) is 85.1 Å². The molecule has 2 saturated carbocycles. The van der Waals surface area contributed by atoms with Crippen LogP contribution in [0.2, 0.25) is 0 Å². The Hall–Kier alpha value is -1.84. The molecule has 4 heteroatoms. The van der Waals surface area contributed by atoms with E-state index in [0.29, 0.717) is 12.0 Å². The highest BCUT2D eigenvalue weighted by molar-refractivity contribution is 5.74. The molecule has 5 rings (SSSR count). The number of hydrogen-bond acceptors (Lipinski definition) is 3. The Morgan fingerprint density at radius 2 is 2.03 bits per heavy atom. The van der Waals surface area contributed by atoms with Crippen LogP contribution in [-0.2, 0) is 4.79 Å². The van der Waals surface area contributed by atoms with Crippen LogP contribution >= 0.6 is 0 Å². The number of carbonyl (C=O) groups excluding carboxylic acids is 1. The van der Waals surface area contributed by atoms with Crippen molar-refractivity contribution in [3.63, 3.8) is 0 Å². The van der Waals surface area contributed by atoms with Crippen molar-refractivity contribution in [3.8, 4) is 5.75 Å². The predicted molar refractivity (Wildman–Crippen MR) is 128 cm³/mol. The van der Waals surface area contributed by atoms with E-state index in [9.17, 15) is 4.79 Å². The first-order valence-corrected chi connectivity index (χ1v) is 12.9. The monoisotopic (exact) mass is 436 g/mol. The van der Waals surface area contributed by atoms with Crippen LogP contribution in [-0.4, -0.2) is 35.0 Å². The number of nitrogens with zero attached hydrogens (tertiary/aromatic N) is 2. The fourth-order valence-corrected chi connectivity index (χ4v) is 8.34. The van der Waals surface area contributed by atoms with Gasteiger partial charge < -0.3 is 9.64 Å². The first-order valence-electron chi connectivity index (χ1n) is 12.9. The molecule has 0 bridgehead atoms. The van der Waals surface area contributed by atoms with Crippen LogP contribution in [0.3, 0.4) is 0 Å². The number of aromatic nitrogens is 1. The van der Waals surface area contributed by atoms with Crippen molar-refractivity contribution in [2.24, 2.45) is 28.6 Å². The SMILES string of the molecule is CCCOc1cncc(C2=CC[C@H]3[C@@H]4CCC5N(C(C)=O)CCC[C@]5(C)[C@H]4CC[C@]23C)c1. The number of rotatable bonds is 4. The van der Waals surface area contributed by atoms with Gasteiger partial charge in [-0.25, -0.2) is 0 Å². The van der Waals surface area contributed by atoms with Gasteiger partial charge in [-0.2, -0.15) is 0 Å². The Labute approximate surface area is 193 Å². The molecule has 4 nitrogen and oxygen atoms in total. The minimum absolute atomic E-state index is 0.227. The minimum Gasteiger partial charge on any atom is -0.492 e. The van der Waals surface area contributed by atoms with E-state index in [1.165, 1.54) is 49.7 Å². The maximum atomic E-state index is 12.4. The summed E-state index contributed by atoms with van der Waals surface area (Å²) >= 11 is 0. The highest BCUT2D eigenvalue weighted by Crippen LogP contribution is 2.66. The highest BCUT2D eigenvalue weighted by Gasteiger charge is 2.59. The van der Waals surface area contributed by atoms with E-state index in [4.69, 9.17) is 4.74 Å². The van der Waals surface area contributed by atoms with Gasteiger partial charge in [-0.1, -0.05) is 26.8 Å². The molecule has 0 N–H and O–H groups in total. The van der Waals surface area contributed by atoms with Crippen molar-refractivity contribution < 1.29 is 9.53 Å². The molecule has 1 saturated heterocycles. The summed E-state index contributed by atoms with van der Waals surface area (Å²) in [4.78, 5) is 19.1. The van der Waals surface area contributed by atoms with Gasteiger partial charge in [0.1, 0.15) is 5.75 Å². The summed E-state index contributed by atoms with van der Waals surface area (Å²) in [5.41, 5.74) is 3.26. The van der Waals surface area contributed by atoms with Gasteiger partial charge in [0, 0.05) is 25.7 Å². The second-order valence-electron chi connectivity index (χ2n) is 11.4. The van der Waals surface area contributed by atoms with E-state index in [2.05, 4.69) is 42.8 Å². The zero-order valence-corrected chi connectivity index (χ0v) is 20.4. The third-order valence-electron chi connectivity index (χ3n) is 9.79. The molecule has 6 atom stereocenters. The van der Waals surface area contributed by atoms with Crippen LogP contribution < -0.4 is 4.74 Å². The van der Waals surface area contributed by atoms with Crippen molar-refractivity contribution in [2.75, 3.05) is 13.2 Å². The number of allylic oxidation sites excluding steroid dienone is 2. The number of amides is 1. The van der Waals surface area contributed by atoms with E-state index in [1.807, 2.05) is 12.4 Å². The molecule has 0 radical (unpaired) electrons. The Bertz CT molecular complexity index is 910. The van der Waals surface area contributed by atoms with Crippen LogP contribution in [0, 0.1) is 28.6 Å². The molecule has 3 aliphatic carbocycles. The van der Waals surface area contributed by atoms with Crippen LogP contribution in [0.5, 0.6) is 5.75 Å². The van der Waals surface area contributed by atoms with Crippen LogP contribution in [0.1, 0.15) is 84.6 Å². The van der Waals surface area contributed by atoms with E-state index in [0.717, 1.165) is 43.6 Å². The first kappa shape index (κ1) is 22.0. The third kappa shape index (κ3) is 3.31. The zero-order chi connectivity index (χ0) is 22.5. The molecule has 4 aliphatic rings. The lowest BCUT2D eigenvalue weighted by Gasteiger charge is -2.62. The smallest absolute Gasteiger partial charge is 0.219 e. The fourth-order valence-electron chi connectivity index (χ4n) is 8.34. The van der Waals surface area contributed by atoms with Gasteiger partial charge in [0.25, 0.3) is 0 Å². The standard InChI is InChI=1S/C28H40N2O2/c1-5-15-32-21-16-20(17-29-18-21)23-8-9-24-22-7-10-26-28(4,12-6-14-30(26)19(2)31)25(22)11-13-27(23,24)3/h8,16-18,22,24-26H,5-7,9-15H2,1-4H3/t22-,24-,25-,26?,27+,28+/m0/s1. The zero-order valence-electron chi connectivity index (χ0n) is 20.4. The van der Waals surface area contributed by atoms with Crippen molar-refractivity contribution in [3.05, 3.63) is 30.1 Å². The molecule has 3 fully saturated rings. The molecule has 0 aromatic carbocycles. The minimum atomic E-state index is 0.227. The Kier molecular flexibility index (Phi) is 5.62. The molecular formula is C28H40N2O2. The molecular weight excluding hydrogens is 396 g/mol. The summed E-state index contributed by atoms with van der Waals surface area (Å²) in [7, 11) is 0. The van der Waals surface area contributed by atoms with Crippen LogP contribution in [0.15, 0.2) is 24.5 Å². The summed E-state index contributed by atoms with van der Waals surface area (Å²) in [6, 6.07) is 2.66. The third-order valence-corrected chi connectivity index (χ3v) is 9.79. The average Bonchev–Trinajstić information content (AvgIpc) is 3.14. The van der Waals surface area contributed by atoms with Gasteiger partial charge in [0.05, 0.1) is 12.8 Å². The molecule has 1 amide bonds. The first-order chi connectivity index (χ1) is 15.4. The van der Waals surface area contributed by atoms with Crippen LogP contribution in [0.25, 0.3) is 5.57 Å². The van der Waals surface area contributed by atoms with Gasteiger partial charge in [-0.15, -0.1) is 0 Å². The largest absolute Gasteiger partial charge is 0.492 e. The molecule has 1 aromatic rings. The van der Waals surface area contributed by atoms with E-state index in [-0.39, 0.29) is 16.7 Å². The summed E-state index contributed by atoms with van der Waals surface area (Å²) in [5, 5.41) is 0. The maximum Gasteiger partial charge on any atom is 0.219 e. The number of fused-ring (bicyclic) bond motifs is 5. The van der Waals surface area contributed by atoms with Gasteiger partial charge in [-0.05, 0) is 97.2 Å². The molecule has 32 heavy (non-hydrogen) atoms. The quantitative estimate of drug-likeness (QED) is 0.571. The van der Waals surface area contributed by atoms with Crippen molar-refractivity contribution in [1.82, 2.24) is 9.88 Å². The number of carbonyl (C=O) groups is 1. The predicted octanol–water partition coefficient (Wildman–Crippen LogP) is 6.12. The number of likely N-dealkylation sites (tertiary alicyclic amines) is 1. The molecule has 1 aliphatic heterocycles. The molecule has 1 unspecified atom stereocenters. The van der Waals surface area contributed by atoms with E-state index in [1.54, 1.807) is 6.92 Å². The average molecular weight is 437 g/mol. The Balaban J connectivity index is 1.40. The maximum absolute atomic E-state index is 12.4. The summed E-state index contributed by atoms with van der Waals surface area (Å²) in [6.45, 7) is 10.7. The molecule has 2 heterocycles. The number of pyridine rings is 1. The summed E-state index contributed by atoms with van der Waals surface area (Å²) in [5.74, 6) is 3.39. The van der Waals surface area contributed by atoms with E-state index < -0.39 is 0 Å². The number of hydrogen-bond donors (Lipinski definition) is 0. The van der Waals surface area contributed by atoms with Gasteiger partial charge in [0.15, 0.2) is 0 Å². The van der Waals surface area contributed by atoms with Gasteiger partial charge >= 0.3 is 0 Å². The topological polar surface area (TPSA) is 42.4 Å². The summed E-state index contributed by atoms with van der Waals surface area (Å²) < 4.78 is 5.89. The Morgan fingerprint density at radius 3 is 2.81 bits per heavy atom. The second kappa shape index (κ2) is 8.18. The van der Waals surface area contributed by atoms with Crippen molar-refractivity contribution in [1.29, 1.82) is 0 Å². The van der Waals surface area contributed by atoms with Crippen LogP contribution in [0.4, 0.5) is 0 Å². The molecule has 174 valence electrons. The molecule has 0 spiro atoms. The lowest BCUT2D eigenvalue weighted by atomic mass is 9.46. The summed E-state index contributed by atoms with van der Waals surface area (Å²) in [6.07, 6.45) is 16.0.